The molecule has 3 aromatic rings. The first kappa shape index (κ1) is 24.1. The van der Waals surface area contributed by atoms with Crippen molar-refractivity contribution in [2.24, 2.45) is 11.0 Å². The molecule has 0 bridgehead atoms. The van der Waals surface area contributed by atoms with Crippen LogP contribution >= 0.6 is 11.8 Å². The largest absolute Gasteiger partial charge is 0.497 e. The minimum atomic E-state index is -0.137. The van der Waals surface area contributed by atoms with Crippen LogP contribution in [0, 0.1) is 5.92 Å². The molecule has 0 N–H and O–H groups in total. The zero-order valence-electron chi connectivity index (χ0n) is 20.5. The number of carbonyl (C=O) groups is 1. The van der Waals surface area contributed by atoms with E-state index in [1.54, 1.807) is 25.4 Å². The van der Waals surface area contributed by atoms with E-state index in [1.165, 1.54) is 17.3 Å². The molecule has 1 fully saturated rings. The molecule has 1 amide bonds. The Morgan fingerprint density at radius 3 is 2.42 bits per heavy atom. The Balaban J connectivity index is 1.46. The number of thioether (sulfide) groups is 1. The standard InChI is InChI=1S/C29H29N3O3S/c1-34-23-13-9-20(10-14-23)18-22-6-5-7-25-28(22)31-32(27(33)19-36-26-8-3-4-17-30-26)29(25)21-11-15-24(35-2)16-12-21/h3-4,8-18,25,29H,5-7,19H2,1-2H3/b22-18+. The van der Waals surface area contributed by atoms with Crippen molar-refractivity contribution in [1.82, 2.24) is 9.99 Å². The molecule has 2 unspecified atom stereocenters. The van der Waals surface area contributed by atoms with Crippen LogP contribution in [-0.4, -0.2) is 41.6 Å². The van der Waals surface area contributed by atoms with Crippen LogP contribution in [0.25, 0.3) is 6.08 Å². The van der Waals surface area contributed by atoms with Gasteiger partial charge in [0.05, 0.1) is 36.8 Å². The second kappa shape index (κ2) is 11.0. The van der Waals surface area contributed by atoms with Gasteiger partial charge in [-0.1, -0.05) is 42.1 Å². The van der Waals surface area contributed by atoms with Crippen molar-refractivity contribution >= 4 is 29.5 Å². The highest BCUT2D eigenvalue weighted by atomic mass is 32.2. The van der Waals surface area contributed by atoms with Crippen molar-refractivity contribution in [1.29, 1.82) is 0 Å². The molecule has 2 heterocycles. The zero-order valence-corrected chi connectivity index (χ0v) is 21.3. The van der Waals surface area contributed by atoms with Gasteiger partial charge in [0, 0.05) is 12.1 Å². The van der Waals surface area contributed by atoms with E-state index in [0.717, 1.165) is 52.6 Å². The number of methoxy groups -OCH3 is 2. The molecule has 5 rings (SSSR count). The van der Waals surface area contributed by atoms with Gasteiger partial charge < -0.3 is 9.47 Å². The maximum absolute atomic E-state index is 13.5. The predicted octanol–water partition coefficient (Wildman–Crippen LogP) is 6.01. The lowest BCUT2D eigenvalue weighted by Gasteiger charge is -2.29. The van der Waals surface area contributed by atoms with Gasteiger partial charge >= 0.3 is 0 Å². The van der Waals surface area contributed by atoms with Crippen LogP contribution in [0.2, 0.25) is 0 Å². The Morgan fingerprint density at radius 2 is 1.75 bits per heavy atom. The minimum absolute atomic E-state index is 0.0165. The van der Waals surface area contributed by atoms with E-state index in [4.69, 9.17) is 14.6 Å². The number of carbonyl (C=O) groups excluding carboxylic acids is 1. The van der Waals surface area contributed by atoms with E-state index in [-0.39, 0.29) is 23.6 Å². The molecule has 1 aliphatic carbocycles. The van der Waals surface area contributed by atoms with E-state index < -0.39 is 0 Å². The number of rotatable bonds is 7. The molecule has 2 aromatic carbocycles. The number of amides is 1. The summed E-state index contributed by atoms with van der Waals surface area (Å²) >= 11 is 1.44. The third kappa shape index (κ3) is 5.16. The molecule has 1 saturated carbocycles. The van der Waals surface area contributed by atoms with Gasteiger partial charge in [-0.05, 0) is 78.4 Å². The monoisotopic (exact) mass is 499 g/mol. The zero-order chi connectivity index (χ0) is 24.9. The molecule has 2 aliphatic rings. The van der Waals surface area contributed by atoms with Crippen molar-refractivity contribution in [3.05, 3.63) is 89.6 Å². The summed E-state index contributed by atoms with van der Waals surface area (Å²) in [5, 5.41) is 7.52. The average Bonchev–Trinajstić information content (AvgIpc) is 3.33. The molecule has 6 nitrogen and oxygen atoms in total. The second-order valence-corrected chi connectivity index (χ2v) is 9.84. The van der Waals surface area contributed by atoms with Crippen LogP contribution in [0.15, 0.2) is 88.6 Å². The van der Waals surface area contributed by atoms with Crippen molar-refractivity contribution in [2.75, 3.05) is 20.0 Å². The smallest absolute Gasteiger partial charge is 0.253 e. The van der Waals surface area contributed by atoms with Gasteiger partial charge in [-0.15, -0.1) is 0 Å². The summed E-state index contributed by atoms with van der Waals surface area (Å²) in [7, 11) is 3.33. The fourth-order valence-corrected chi connectivity index (χ4v) is 5.59. The minimum Gasteiger partial charge on any atom is -0.497 e. The molecule has 2 atom stereocenters. The number of hydrazone groups is 1. The summed E-state index contributed by atoms with van der Waals surface area (Å²) in [6.07, 6.45) is 6.94. The fraction of sp³-hybridized carbons (Fsp3) is 0.276. The Morgan fingerprint density at radius 1 is 1.03 bits per heavy atom. The lowest BCUT2D eigenvalue weighted by molar-refractivity contribution is -0.130. The number of benzene rings is 2. The van der Waals surface area contributed by atoms with Crippen LogP contribution in [-0.2, 0) is 4.79 Å². The highest BCUT2D eigenvalue weighted by Gasteiger charge is 2.43. The maximum atomic E-state index is 13.5. The fourth-order valence-electron chi connectivity index (χ4n) is 4.88. The summed E-state index contributed by atoms with van der Waals surface area (Å²) in [5.41, 5.74) is 4.39. The average molecular weight is 500 g/mol. The lowest BCUT2D eigenvalue weighted by Crippen LogP contribution is -2.32. The number of pyridine rings is 1. The van der Waals surface area contributed by atoms with Gasteiger partial charge in [-0.2, -0.15) is 5.10 Å². The highest BCUT2D eigenvalue weighted by molar-refractivity contribution is 7.99. The lowest BCUT2D eigenvalue weighted by atomic mass is 9.77. The van der Waals surface area contributed by atoms with E-state index in [0.29, 0.717) is 0 Å². The second-order valence-electron chi connectivity index (χ2n) is 8.84. The van der Waals surface area contributed by atoms with Crippen LogP contribution in [0.4, 0.5) is 0 Å². The molecule has 1 aromatic heterocycles. The van der Waals surface area contributed by atoms with E-state index >= 15 is 0 Å². The van der Waals surface area contributed by atoms with Gasteiger partial charge in [0.1, 0.15) is 11.5 Å². The molecule has 0 radical (unpaired) electrons. The van der Waals surface area contributed by atoms with Crippen molar-refractivity contribution < 1.29 is 14.3 Å². The molecular formula is C29H29N3O3S. The number of aromatic nitrogens is 1. The Labute approximate surface area is 216 Å². The Bertz CT molecular complexity index is 1260. The van der Waals surface area contributed by atoms with Gasteiger partial charge in [-0.3, -0.25) is 4.79 Å². The van der Waals surface area contributed by atoms with Gasteiger partial charge in [-0.25, -0.2) is 9.99 Å². The Hall–Kier alpha value is -3.58. The summed E-state index contributed by atoms with van der Waals surface area (Å²) in [6.45, 7) is 0. The molecule has 36 heavy (non-hydrogen) atoms. The van der Waals surface area contributed by atoms with Crippen molar-refractivity contribution in [3.63, 3.8) is 0 Å². The maximum Gasteiger partial charge on any atom is 0.253 e. The molecule has 7 heteroatoms. The van der Waals surface area contributed by atoms with Crippen molar-refractivity contribution in [2.45, 2.75) is 30.3 Å². The molecule has 184 valence electrons. The number of nitrogens with zero attached hydrogens (tertiary/aromatic N) is 3. The number of ether oxygens (including phenoxy) is 2. The Kier molecular flexibility index (Phi) is 7.37. The summed E-state index contributed by atoms with van der Waals surface area (Å²) in [6, 6.07) is 21.6. The third-order valence-corrected chi connectivity index (χ3v) is 7.58. The first-order valence-electron chi connectivity index (χ1n) is 12.1. The van der Waals surface area contributed by atoms with Gasteiger partial charge in [0.25, 0.3) is 5.91 Å². The SMILES string of the molecule is COc1ccc(/C=C2\CCCC3C2=NN(C(=O)CSc2ccccn2)C3c2ccc(OC)cc2)cc1. The molecule has 0 saturated heterocycles. The normalized spacial score (nSPS) is 20.1. The van der Waals surface area contributed by atoms with Crippen molar-refractivity contribution in [3.8, 4) is 11.5 Å². The predicted molar refractivity (Wildman–Crippen MR) is 143 cm³/mol. The van der Waals surface area contributed by atoms with Crippen LogP contribution < -0.4 is 9.47 Å². The van der Waals surface area contributed by atoms with Crippen LogP contribution in [0.5, 0.6) is 11.5 Å². The summed E-state index contributed by atoms with van der Waals surface area (Å²) in [4.78, 5) is 17.9. The number of hydrogen-bond acceptors (Lipinski definition) is 6. The highest BCUT2D eigenvalue weighted by Crippen LogP contribution is 2.45. The summed E-state index contributed by atoms with van der Waals surface area (Å²) in [5.74, 6) is 2.05. The quantitative estimate of drug-likeness (QED) is 0.372. The molecule has 0 spiro atoms. The van der Waals surface area contributed by atoms with Gasteiger partial charge in [0.15, 0.2) is 0 Å². The number of hydrogen-bond donors (Lipinski definition) is 0. The van der Waals surface area contributed by atoms with Gasteiger partial charge in [0.2, 0.25) is 0 Å². The first-order chi connectivity index (χ1) is 17.7. The number of fused-ring (bicyclic) bond motifs is 1. The number of allylic oxidation sites excluding steroid dienone is 1. The first-order valence-corrected chi connectivity index (χ1v) is 13.1. The molecule has 1 aliphatic heterocycles. The topological polar surface area (TPSA) is 64.0 Å². The molecular weight excluding hydrogens is 470 g/mol. The van der Waals surface area contributed by atoms with E-state index in [9.17, 15) is 4.79 Å². The van der Waals surface area contributed by atoms with E-state index in [1.807, 2.05) is 42.5 Å². The summed E-state index contributed by atoms with van der Waals surface area (Å²) < 4.78 is 10.7. The van der Waals surface area contributed by atoms with E-state index in [2.05, 4.69) is 35.3 Å². The third-order valence-electron chi connectivity index (χ3n) is 6.65. The van der Waals surface area contributed by atoms with Crippen LogP contribution in [0.3, 0.4) is 0 Å². The van der Waals surface area contributed by atoms with Crippen LogP contribution in [0.1, 0.15) is 36.4 Å².